The van der Waals surface area contributed by atoms with Crippen LogP contribution in [-0.2, 0) is 11.2 Å². The summed E-state index contributed by atoms with van der Waals surface area (Å²) in [5, 5.41) is 3.75. The van der Waals surface area contributed by atoms with Gasteiger partial charge in [0.1, 0.15) is 0 Å². The number of aromatic nitrogens is 2. The van der Waals surface area contributed by atoms with Crippen LogP contribution in [0.1, 0.15) is 28.2 Å². The Kier molecular flexibility index (Phi) is 5.01. The Balaban J connectivity index is 1.50. The predicted octanol–water partition coefficient (Wildman–Crippen LogP) is 3.83. The van der Waals surface area contributed by atoms with Gasteiger partial charge in [-0.1, -0.05) is 35.5 Å². The van der Waals surface area contributed by atoms with E-state index in [4.69, 9.17) is 9.26 Å². The molecule has 0 saturated carbocycles. The van der Waals surface area contributed by atoms with E-state index >= 15 is 0 Å². The van der Waals surface area contributed by atoms with Crippen LogP contribution >= 0.6 is 0 Å². The Morgan fingerprint density at radius 3 is 2.50 bits per heavy atom. The summed E-state index contributed by atoms with van der Waals surface area (Å²) >= 11 is 0. The van der Waals surface area contributed by atoms with E-state index in [0.717, 1.165) is 18.4 Å². The minimum absolute atomic E-state index is 0.323. The largest absolute Gasteiger partial charge is 0.462 e. The second-order valence-electron chi connectivity index (χ2n) is 5.45. The molecule has 3 rings (SSSR count). The first-order chi connectivity index (χ1) is 11.7. The number of benzene rings is 2. The third-order valence-electron chi connectivity index (χ3n) is 3.58. The molecule has 1 aromatic heterocycles. The standard InChI is InChI=1S/C19H18N2O3/c1-14-20-18(24-21-14)16-9-11-17(12-10-16)19(22)23-13-5-8-15-6-3-2-4-7-15/h2-4,6-7,9-12H,5,8,13H2,1H3. The molecule has 0 atom stereocenters. The lowest BCUT2D eigenvalue weighted by molar-refractivity contribution is 0.0500. The van der Waals surface area contributed by atoms with E-state index in [0.29, 0.717) is 23.9 Å². The number of hydrogen-bond acceptors (Lipinski definition) is 5. The van der Waals surface area contributed by atoms with Crippen molar-refractivity contribution in [2.24, 2.45) is 0 Å². The second kappa shape index (κ2) is 7.55. The second-order valence-corrected chi connectivity index (χ2v) is 5.45. The van der Waals surface area contributed by atoms with E-state index in [1.54, 1.807) is 31.2 Å². The smallest absolute Gasteiger partial charge is 0.338 e. The highest BCUT2D eigenvalue weighted by molar-refractivity contribution is 5.89. The van der Waals surface area contributed by atoms with Crippen LogP contribution in [0.2, 0.25) is 0 Å². The van der Waals surface area contributed by atoms with Crippen LogP contribution in [0.25, 0.3) is 11.5 Å². The van der Waals surface area contributed by atoms with Gasteiger partial charge in [0.05, 0.1) is 12.2 Å². The summed E-state index contributed by atoms with van der Waals surface area (Å²) in [6.45, 7) is 2.16. The van der Waals surface area contributed by atoms with Crippen molar-refractivity contribution in [1.82, 2.24) is 10.1 Å². The van der Waals surface area contributed by atoms with E-state index in [2.05, 4.69) is 22.3 Å². The van der Waals surface area contributed by atoms with Crippen LogP contribution in [-0.4, -0.2) is 22.7 Å². The third-order valence-corrected chi connectivity index (χ3v) is 3.58. The van der Waals surface area contributed by atoms with E-state index in [-0.39, 0.29) is 5.97 Å². The van der Waals surface area contributed by atoms with Crippen LogP contribution in [0.5, 0.6) is 0 Å². The fraction of sp³-hybridized carbons (Fsp3) is 0.211. The minimum atomic E-state index is -0.323. The Hall–Kier alpha value is -2.95. The maximum atomic E-state index is 12.0. The minimum Gasteiger partial charge on any atom is -0.462 e. The molecule has 0 unspecified atom stereocenters. The number of carbonyl (C=O) groups is 1. The quantitative estimate of drug-likeness (QED) is 0.509. The van der Waals surface area contributed by atoms with E-state index in [1.807, 2.05) is 18.2 Å². The molecule has 0 N–H and O–H groups in total. The van der Waals surface area contributed by atoms with Crippen LogP contribution < -0.4 is 0 Å². The molecule has 1 heterocycles. The van der Waals surface area contributed by atoms with Gasteiger partial charge < -0.3 is 9.26 Å². The van der Waals surface area contributed by atoms with Crippen molar-refractivity contribution in [2.45, 2.75) is 19.8 Å². The van der Waals surface area contributed by atoms with Gasteiger partial charge in [-0.05, 0) is 49.6 Å². The van der Waals surface area contributed by atoms with Crippen LogP contribution in [0.15, 0.2) is 59.1 Å². The number of hydrogen-bond donors (Lipinski definition) is 0. The average Bonchev–Trinajstić information content (AvgIpc) is 3.06. The number of ether oxygens (including phenoxy) is 1. The molecule has 0 radical (unpaired) electrons. The Labute approximate surface area is 140 Å². The Morgan fingerprint density at radius 2 is 1.83 bits per heavy atom. The van der Waals surface area contributed by atoms with Crippen molar-refractivity contribution in [3.8, 4) is 11.5 Å². The monoisotopic (exact) mass is 322 g/mol. The van der Waals surface area contributed by atoms with Gasteiger partial charge in [-0.15, -0.1) is 0 Å². The number of esters is 1. The molecule has 2 aromatic carbocycles. The van der Waals surface area contributed by atoms with Gasteiger partial charge in [0.2, 0.25) is 0 Å². The lowest BCUT2D eigenvalue weighted by atomic mass is 10.1. The molecule has 0 aliphatic heterocycles. The molecule has 0 saturated heterocycles. The zero-order chi connectivity index (χ0) is 16.8. The van der Waals surface area contributed by atoms with Crippen molar-refractivity contribution in [2.75, 3.05) is 6.61 Å². The summed E-state index contributed by atoms with van der Waals surface area (Å²) in [4.78, 5) is 16.2. The maximum absolute atomic E-state index is 12.0. The molecule has 0 bridgehead atoms. The van der Waals surface area contributed by atoms with E-state index in [1.165, 1.54) is 5.56 Å². The maximum Gasteiger partial charge on any atom is 0.338 e. The SMILES string of the molecule is Cc1noc(-c2ccc(C(=O)OCCCc3ccccc3)cc2)n1. The summed E-state index contributed by atoms with van der Waals surface area (Å²) in [6.07, 6.45) is 1.69. The van der Waals surface area contributed by atoms with Crippen molar-refractivity contribution < 1.29 is 14.1 Å². The van der Waals surface area contributed by atoms with E-state index in [9.17, 15) is 4.79 Å². The average molecular weight is 322 g/mol. The topological polar surface area (TPSA) is 65.2 Å². The molecule has 24 heavy (non-hydrogen) atoms. The predicted molar refractivity (Wildman–Crippen MR) is 89.5 cm³/mol. The number of aryl methyl sites for hydroxylation is 2. The molecule has 0 aliphatic carbocycles. The first kappa shape index (κ1) is 15.9. The lowest BCUT2D eigenvalue weighted by Crippen LogP contribution is -2.07. The molecule has 5 heteroatoms. The third kappa shape index (κ3) is 4.07. The van der Waals surface area contributed by atoms with Crippen molar-refractivity contribution in [3.63, 3.8) is 0 Å². The van der Waals surface area contributed by atoms with Gasteiger partial charge in [-0.3, -0.25) is 0 Å². The molecular weight excluding hydrogens is 304 g/mol. The highest BCUT2D eigenvalue weighted by Gasteiger charge is 2.10. The summed E-state index contributed by atoms with van der Waals surface area (Å²) in [6, 6.07) is 17.1. The number of nitrogens with zero attached hydrogens (tertiary/aromatic N) is 2. The molecule has 0 aliphatic rings. The summed E-state index contributed by atoms with van der Waals surface area (Å²) < 4.78 is 10.4. The molecule has 122 valence electrons. The summed E-state index contributed by atoms with van der Waals surface area (Å²) in [5.74, 6) is 0.693. The van der Waals surface area contributed by atoms with E-state index < -0.39 is 0 Å². The molecule has 0 amide bonds. The molecular formula is C19H18N2O3. The zero-order valence-electron chi connectivity index (χ0n) is 13.4. The van der Waals surface area contributed by atoms with Gasteiger partial charge in [0.15, 0.2) is 5.82 Å². The van der Waals surface area contributed by atoms with Crippen LogP contribution in [0, 0.1) is 6.92 Å². The summed E-state index contributed by atoms with van der Waals surface area (Å²) in [5.41, 5.74) is 2.53. The van der Waals surface area contributed by atoms with Crippen molar-refractivity contribution >= 4 is 5.97 Å². The molecule has 3 aromatic rings. The van der Waals surface area contributed by atoms with Crippen LogP contribution in [0.3, 0.4) is 0 Å². The normalized spacial score (nSPS) is 10.5. The highest BCUT2D eigenvalue weighted by atomic mass is 16.5. The Morgan fingerprint density at radius 1 is 1.08 bits per heavy atom. The van der Waals surface area contributed by atoms with Gasteiger partial charge >= 0.3 is 5.97 Å². The van der Waals surface area contributed by atoms with Gasteiger partial charge in [-0.2, -0.15) is 4.98 Å². The first-order valence-corrected chi connectivity index (χ1v) is 7.84. The fourth-order valence-electron chi connectivity index (χ4n) is 2.33. The highest BCUT2D eigenvalue weighted by Crippen LogP contribution is 2.18. The van der Waals surface area contributed by atoms with Crippen molar-refractivity contribution in [1.29, 1.82) is 0 Å². The number of rotatable bonds is 6. The van der Waals surface area contributed by atoms with Gasteiger partial charge in [-0.25, -0.2) is 4.79 Å². The van der Waals surface area contributed by atoms with Gasteiger partial charge in [0, 0.05) is 5.56 Å². The molecule has 5 nitrogen and oxygen atoms in total. The Bertz CT molecular complexity index is 795. The molecule has 0 spiro atoms. The zero-order valence-corrected chi connectivity index (χ0v) is 13.4. The fourth-order valence-corrected chi connectivity index (χ4v) is 2.33. The summed E-state index contributed by atoms with van der Waals surface area (Å²) in [7, 11) is 0. The van der Waals surface area contributed by atoms with Crippen LogP contribution in [0.4, 0.5) is 0 Å². The van der Waals surface area contributed by atoms with Crippen molar-refractivity contribution in [3.05, 3.63) is 71.5 Å². The first-order valence-electron chi connectivity index (χ1n) is 7.84. The lowest BCUT2D eigenvalue weighted by Gasteiger charge is -2.05. The number of carbonyl (C=O) groups excluding carboxylic acids is 1. The molecule has 0 fully saturated rings. The van der Waals surface area contributed by atoms with Gasteiger partial charge in [0.25, 0.3) is 5.89 Å².